The number of rotatable bonds is 7. The molecule has 1 atom stereocenters. The number of piperidine rings is 2. The summed E-state index contributed by atoms with van der Waals surface area (Å²) in [7, 11) is 4.21. The van der Waals surface area contributed by atoms with Crippen molar-refractivity contribution in [3.8, 4) is 0 Å². The highest BCUT2D eigenvalue weighted by molar-refractivity contribution is 7.12. The van der Waals surface area contributed by atoms with Gasteiger partial charge in [-0.15, -0.1) is 11.3 Å². The van der Waals surface area contributed by atoms with Crippen molar-refractivity contribution in [3.63, 3.8) is 0 Å². The van der Waals surface area contributed by atoms with Crippen molar-refractivity contribution < 1.29 is 4.79 Å². The number of carbonyl (C=O) groups excluding carboxylic acids is 1. The van der Waals surface area contributed by atoms with Crippen molar-refractivity contribution in [1.82, 2.24) is 14.7 Å². The second kappa shape index (κ2) is 10.6. The normalized spacial score (nSPS) is 25.1. The van der Waals surface area contributed by atoms with Gasteiger partial charge in [0.1, 0.15) is 0 Å². The van der Waals surface area contributed by atoms with Gasteiger partial charge in [-0.25, -0.2) is 0 Å². The summed E-state index contributed by atoms with van der Waals surface area (Å²) in [6, 6.07) is 5.22. The first-order valence-electron chi connectivity index (χ1n) is 12.3. The van der Waals surface area contributed by atoms with Crippen LogP contribution < -0.4 is 0 Å². The second-order valence-electron chi connectivity index (χ2n) is 10.1. The predicted molar refractivity (Wildman–Crippen MR) is 126 cm³/mol. The van der Waals surface area contributed by atoms with Gasteiger partial charge in [0.25, 0.3) is 0 Å². The standard InChI is InChI=1S/C25H41N3OS/c1-26-16-13-22(14-17-26)27(2)25(29)12-9-20-6-5-15-28(18-20)19-23-10-11-24(30-23)21-7-3-4-8-21/h10-11,20-22H,3-9,12-19H2,1-2H3/t20-/m1/s1. The number of likely N-dealkylation sites (tertiary alicyclic amines) is 2. The minimum Gasteiger partial charge on any atom is -0.343 e. The van der Waals surface area contributed by atoms with Crippen molar-refractivity contribution in [2.24, 2.45) is 5.92 Å². The van der Waals surface area contributed by atoms with Crippen LogP contribution in [0.5, 0.6) is 0 Å². The van der Waals surface area contributed by atoms with Crippen molar-refractivity contribution >= 4 is 17.2 Å². The molecule has 5 heteroatoms. The molecule has 1 amide bonds. The highest BCUT2D eigenvalue weighted by atomic mass is 32.1. The molecule has 1 aliphatic carbocycles. The molecule has 0 N–H and O–H groups in total. The fraction of sp³-hybridized carbons (Fsp3) is 0.800. The Morgan fingerprint density at radius 1 is 1.07 bits per heavy atom. The van der Waals surface area contributed by atoms with Gasteiger partial charge in [-0.05, 0) is 95.6 Å². The third-order valence-corrected chi connectivity index (χ3v) is 9.05. The molecule has 4 nitrogen and oxygen atoms in total. The molecule has 0 radical (unpaired) electrons. The zero-order valence-corrected chi connectivity index (χ0v) is 20.0. The Kier molecular flexibility index (Phi) is 7.88. The van der Waals surface area contributed by atoms with Gasteiger partial charge in [0.05, 0.1) is 0 Å². The molecule has 1 saturated carbocycles. The highest BCUT2D eigenvalue weighted by Gasteiger charge is 2.26. The van der Waals surface area contributed by atoms with Crippen molar-refractivity contribution in [1.29, 1.82) is 0 Å². The first-order valence-corrected chi connectivity index (χ1v) is 13.2. The topological polar surface area (TPSA) is 26.8 Å². The summed E-state index contributed by atoms with van der Waals surface area (Å²) in [5, 5.41) is 0. The summed E-state index contributed by atoms with van der Waals surface area (Å²) in [6.45, 7) is 5.73. The van der Waals surface area contributed by atoms with Crippen LogP contribution in [0.15, 0.2) is 12.1 Å². The van der Waals surface area contributed by atoms with E-state index < -0.39 is 0 Å². The predicted octanol–water partition coefficient (Wildman–Crippen LogP) is 4.95. The molecule has 2 aliphatic heterocycles. The lowest BCUT2D eigenvalue weighted by molar-refractivity contribution is -0.133. The molecule has 4 rings (SSSR count). The van der Waals surface area contributed by atoms with E-state index in [0.29, 0.717) is 17.9 Å². The molecule has 0 spiro atoms. The zero-order chi connectivity index (χ0) is 20.9. The Hall–Kier alpha value is -0.910. The average molecular weight is 432 g/mol. The van der Waals surface area contributed by atoms with Gasteiger partial charge in [0.2, 0.25) is 5.91 Å². The monoisotopic (exact) mass is 431 g/mol. The lowest BCUT2D eigenvalue weighted by Gasteiger charge is -2.36. The summed E-state index contributed by atoms with van der Waals surface area (Å²) in [5.74, 6) is 1.88. The molecule has 3 fully saturated rings. The molecular formula is C25H41N3OS. The largest absolute Gasteiger partial charge is 0.343 e. The minimum atomic E-state index is 0.362. The van der Waals surface area contributed by atoms with Crippen LogP contribution in [0.1, 0.15) is 79.9 Å². The number of thiophene rings is 1. The van der Waals surface area contributed by atoms with Crippen molar-refractivity contribution in [2.45, 2.75) is 82.7 Å². The number of hydrogen-bond acceptors (Lipinski definition) is 4. The van der Waals surface area contributed by atoms with E-state index in [-0.39, 0.29) is 0 Å². The lowest BCUT2D eigenvalue weighted by Crippen LogP contribution is -2.44. The van der Waals surface area contributed by atoms with Crippen molar-refractivity contribution in [3.05, 3.63) is 21.9 Å². The molecule has 0 aromatic carbocycles. The first-order chi connectivity index (χ1) is 14.6. The molecule has 1 aromatic heterocycles. The second-order valence-corrected chi connectivity index (χ2v) is 11.3. The van der Waals surface area contributed by atoms with Gasteiger partial charge in [0.15, 0.2) is 0 Å². The maximum Gasteiger partial charge on any atom is 0.222 e. The van der Waals surface area contributed by atoms with Crippen LogP contribution in [-0.2, 0) is 11.3 Å². The molecular weight excluding hydrogens is 390 g/mol. The van der Waals surface area contributed by atoms with E-state index in [1.165, 1.54) is 56.5 Å². The van der Waals surface area contributed by atoms with Gasteiger partial charge in [-0.3, -0.25) is 9.69 Å². The van der Waals surface area contributed by atoms with Gasteiger partial charge >= 0.3 is 0 Å². The molecule has 2 saturated heterocycles. The number of carbonyl (C=O) groups is 1. The summed E-state index contributed by atoms with van der Waals surface area (Å²) in [6.07, 6.45) is 12.2. The summed E-state index contributed by atoms with van der Waals surface area (Å²) < 4.78 is 0. The third-order valence-electron chi connectivity index (χ3n) is 7.82. The Morgan fingerprint density at radius 2 is 1.83 bits per heavy atom. The quantitative estimate of drug-likeness (QED) is 0.611. The van der Waals surface area contributed by atoms with Crippen LogP contribution in [0.4, 0.5) is 0 Å². The maximum atomic E-state index is 12.8. The summed E-state index contributed by atoms with van der Waals surface area (Å²) >= 11 is 2.06. The highest BCUT2D eigenvalue weighted by Crippen LogP contribution is 2.38. The van der Waals surface area contributed by atoms with Crippen LogP contribution in [0.2, 0.25) is 0 Å². The summed E-state index contributed by atoms with van der Waals surface area (Å²) in [5.41, 5.74) is 0. The molecule has 30 heavy (non-hydrogen) atoms. The van der Waals surface area contributed by atoms with Crippen LogP contribution in [0.25, 0.3) is 0 Å². The van der Waals surface area contributed by atoms with Crippen LogP contribution in [0, 0.1) is 5.92 Å². The van der Waals surface area contributed by atoms with Gasteiger partial charge in [0, 0.05) is 42.4 Å². The molecule has 3 heterocycles. The van der Waals surface area contributed by atoms with E-state index >= 15 is 0 Å². The van der Waals surface area contributed by atoms with Crippen molar-refractivity contribution in [2.75, 3.05) is 40.3 Å². The third kappa shape index (κ3) is 5.86. The number of nitrogens with zero attached hydrogens (tertiary/aromatic N) is 3. The van der Waals surface area contributed by atoms with Crippen LogP contribution in [0.3, 0.4) is 0 Å². The Balaban J connectivity index is 1.20. The molecule has 0 bridgehead atoms. The van der Waals surface area contributed by atoms with Gasteiger partial charge in [-0.2, -0.15) is 0 Å². The summed E-state index contributed by atoms with van der Waals surface area (Å²) in [4.78, 5) is 23.0. The fourth-order valence-corrected chi connectivity index (χ4v) is 6.97. The van der Waals surface area contributed by atoms with E-state index in [1.807, 2.05) is 7.05 Å². The molecule has 1 aromatic rings. The van der Waals surface area contributed by atoms with E-state index in [9.17, 15) is 4.79 Å². The Morgan fingerprint density at radius 3 is 2.60 bits per heavy atom. The zero-order valence-electron chi connectivity index (χ0n) is 19.2. The number of amides is 1. The van der Waals surface area contributed by atoms with Crippen LogP contribution >= 0.6 is 11.3 Å². The first kappa shape index (κ1) is 22.3. The Bertz CT molecular complexity index is 676. The minimum absolute atomic E-state index is 0.362. The molecule has 168 valence electrons. The smallest absolute Gasteiger partial charge is 0.222 e. The lowest BCUT2D eigenvalue weighted by atomic mass is 9.93. The van der Waals surface area contributed by atoms with E-state index in [2.05, 4.69) is 45.2 Å². The van der Waals surface area contributed by atoms with E-state index in [4.69, 9.17) is 0 Å². The van der Waals surface area contributed by atoms with E-state index in [1.54, 1.807) is 4.88 Å². The Labute approximate surface area is 187 Å². The number of hydrogen-bond donors (Lipinski definition) is 0. The fourth-order valence-electron chi connectivity index (χ4n) is 5.75. The molecule has 0 unspecified atom stereocenters. The SMILES string of the molecule is CN1CCC(N(C)C(=O)CC[C@H]2CCCN(Cc3ccc(C4CCCC4)s3)C2)CC1. The maximum absolute atomic E-state index is 12.8. The van der Waals surface area contributed by atoms with E-state index in [0.717, 1.165) is 51.2 Å². The van der Waals surface area contributed by atoms with Gasteiger partial charge < -0.3 is 9.80 Å². The molecule has 3 aliphatic rings. The average Bonchev–Trinajstić information content (AvgIpc) is 3.44. The van der Waals surface area contributed by atoms with Gasteiger partial charge in [-0.1, -0.05) is 12.8 Å². The van der Waals surface area contributed by atoms with Crippen LogP contribution in [-0.4, -0.2) is 66.9 Å².